The first-order chi connectivity index (χ1) is 7.65. The van der Waals surface area contributed by atoms with E-state index in [2.05, 4.69) is 31.4 Å². The van der Waals surface area contributed by atoms with Crippen LogP contribution in [-0.2, 0) is 0 Å². The molecule has 1 amide bonds. The number of hydrogen-bond acceptors (Lipinski definition) is 4. The second kappa shape index (κ2) is 4.44. The molecule has 1 N–H and O–H groups in total. The molecule has 0 bridgehead atoms. The predicted molar refractivity (Wildman–Crippen MR) is 61.1 cm³/mol. The molecule has 0 radical (unpaired) electrons. The number of halogens is 1. The molecule has 2 aromatic rings. The highest BCUT2D eigenvalue weighted by Gasteiger charge is 2.09. The van der Waals surface area contributed by atoms with Crippen LogP contribution < -0.4 is 5.32 Å². The second-order valence-corrected chi connectivity index (χ2v) is 4.06. The lowest BCUT2D eigenvalue weighted by Gasteiger charge is -1.99. The molecule has 2 rings (SSSR count). The monoisotopic (exact) mass is 281 g/mol. The van der Waals surface area contributed by atoms with Crippen molar-refractivity contribution in [3.63, 3.8) is 0 Å². The predicted octanol–water partition coefficient (Wildman–Crippen LogP) is 2.39. The van der Waals surface area contributed by atoms with Gasteiger partial charge in [0.25, 0.3) is 5.91 Å². The van der Waals surface area contributed by atoms with E-state index in [0.717, 1.165) is 4.47 Å². The number of hydrogen-bond donors (Lipinski definition) is 1. The normalized spacial score (nSPS) is 10.1. The summed E-state index contributed by atoms with van der Waals surface area (Å²) in [5, 5.41) is 6.21. The number of carbonyl (C=O) groups excluding carboxylic acids is 1. The summed E-state index contributed by atoms with van der Waals surface area (Å²) in [5.41, 5.74) is 1.02. The molecule has 2 aromatic heterocycles. The molecule has 0 fully saturated rings. The Labute approximate surface area is 100.0 Å². The molecule has 6 heteroatoms. The molecule has 5 nitrogen and oxygen atoms in total. The molecular formula is C10H8BrN3O2. The van der Waals surface area contributed by atoms with Gasteiger partial charge in [-0.1, -0.05) is 5.16 Å². The number of nitrogens with one attached hydrogen (secondary N) is 1. The van der Waals surface area contributed by atoms with Gasteiger partial charge >= 0.3 is 0 Å². The number of rotatable bonds is 2. The first-order valence-corrected chi connectivity index (χ1v) is 5.30. The minimum absolute atomic E-state index is 0.312. The number of amides is 1. The Balaban J connectivity index is 2.11. The van der Waals surface area contributed by atoms with Crippen molar-refractivity contribution in [1.82, 2.24) is 10.1 Å². The van der Waals surface area contributed by atoms with Crippen molar-refractivity contribution in [2.24, 2.45) is 0 Å². The lowest BCUT2D eigenvalue weighted by molar-refractivity contribution is 0.101. The van der Waals surface area contributed by atoms with Gasteiger partial charge in [-0.15, -0.1) is 0 Å². The van der Waals surface area contributed by atoms with Gasteiger partial charge in [0.05, 0.1) is 5.69 Å². The van der Waals surface area contributed by atoms with E-state index >= 15 is 0 Å². The fraction of sp³-hybridized carbons (Fsp3) is 0.100. The molecule has 0 aliphatic heterocycles. The van der Waals surface area contributed by atoms with Crippen molar-refractivity contribution in [2.75, 3.05) is 5.32 Å². The molecule has 0 aliphatic carbocycles. The van der Waals surface area contributed by atoms with E-state index in [0.29, 0.717) is 17.3 Å². The molecule has 0 aromatic carbocycles. The van der Waals surface area contributed by atoms with Crippen molar-refractivity contribution >= 4 is 27.7 Å². The third kappa shape index (κ3) is 2.46. The number of nitrogens with zero attached hydrogens (tertiary/aromatic N) is 2. The van der Waals surface area contributed by atoms with Crippen molar-refractivity contribution < 1.29 is 9.32 Å². The summed E-state index contributed by atoms with van der Waals surface area (Å²) in [6.45, 7) is 1.77. The van der Waals surface area contributed by atoms with Crippen LogP contribution in [0, 0.1) is 6.92 Å². The lowest BCUT2D eigenvalue weighted by Crippen LogP contribution is -2.12. The zero-order valence-corrected chi connectivity index (χ0v) is 9.98. The maximum absolute atomic E-state index is 11.7. The Morgan fingerprint density at radius 1 is 1.50 bits per heavy atom. The minimum Gasteiger partial charge on any atom is -0.338 e. The van der Waals surface area contributed by atoms with Gasteiger partial charge in [-0.25, -0.2) is 4.98 Å². The molecular weight excluding hydrogens is 274 g/mol. The smallest absolute Gasteiger partial charge is 0.276 e. The van der Waals surface area contributed by atoms with E-state index in [4.69, 9.17) is 4.52 Å². The Hall–Kier alpha value is -1.69. The van der Waals surface area contributed by atoms with Crippen molar-refractivity contribution in [1.29, 1.82) is 0 Å². The molecule has 2 heterocycles. The SMILES string of the molecule is Cc1cc(NC(=O)c2ccc(Br)cn2)on1. The van der Waals surface area contributed by atoms with Crippen LogP contribution in [-0.4, -0.2) is 16.0 Å². The Kier molecular flexibility index (Phi) is 3.00. The number of aryl methyl sites for hydroxylation is 1. The van der Waals surface area contributed by atoms with Gasteiger partial charge in [-0.05, 0) is 35.0 Å². The molecule has 82 valence electrons. The lowest BCUT2D eigenvalue weighted by atomic mass is 10.3. The third-order valence-corrected chi connectivity index (χ3v) is 2.29. The summed E-state index contributed by atoms with van der Waals surface area (Å²) in [4.78, 5) is 15.6. The minimum atomic E-state index is -0.330. The first kappa shape index (κ1) is 10.8. The highest BCUT2D eigenvalue weighted by atomic mass is 79.9. The van der Waals surface area contributed by atoms with E-state index in [1.165, 1.54) is 0 Å². The molecule has 0 unspecified atom stereocenters. The summed E-state index contributed by atoms with van der Waals surface area (Å²) in [7, 11) is 0. The van der Waals surface area contributed by atoms with Crippen LogP contribution in [0.25, 0.3) is 0 Å². The molecule has 0 spiro atoms. The van der Waals surface area contributed by atoms with Crippen molar-refractivity contribution in [3.05, 3.63) is 40.3 Å². The van der Waals surface area contributed by atoms with Crippen LogP contribution in [0.5, 0.6) is 0 Å². The Morgan fingerprint density at radius 3 is 2.88 bits per heavy atom. The van der Waals surface area contributed by atoms with E-state index in [1.807, 2.05) is 0 Å². The van der Waals surface area contributed by atoms with Gasteiger partial charge < -0.3 is 4.52 Å². The zero-order chi connectivity index (χ0) is 11.5. The third-order valence-electron chi connectivity index (χ3n) is 1.82. The molecule has 0 atom stereocenters. The fourth-order valence-electron chi connectivity index (χ4n) is 1.11. The number of carbonyl (C=O) groups is 1. The Bertz CT molecular complexity index is 507. The standard InChI is InChI=1S/C10H8BrN3O2/c1-6-4-9(16-14-6)13-10(15)8-3-2-7(11)5-12-8/h2-5H,1H3,(H,13,15). The summed E-state index contributed by atoms with van der Waals surface area (Å²) >= 11 is 3.24. The van der Waals surface area contributed by atoms with Crippen LogP contribution >= 0.6 is 15.9 Å². The highest BCUT2D eigenvalue weighted by Crippen LogP contribution is 2.11. The average Bonchev–Trinajstić information content (AvgIpc) is 2.65. The summed E-state index contributed by atoms with van der Waals surface area (Å²) in [5.74, 6) is -0.0177. The van der Waals surface area contributed by atoms with E-state index in [1.54, 1.807) is 31.3 Å². The summed E-state index contributed by atoms with van der Waals surface area (Å²) in [6, 6.07) is 4.99. The van der Waals surface area contributed by atoms with Gasteiger partial charge in [0, 0.05) is 16.7 Å². The van der Waals surface area contributed by atoms with Crippen LogP contribution in [0.4, 0.5) is 5.88 Å². The van der Waals surface area contributed by atoms with Gasteiger partial charge in [0.2, 0.25) is 5.88 Å². The maximum atomic E-state index is 11.7. The summed E-state index contributed by atoms with van der Waals surface area (Å²) in [6.07, 6.45) is 1.56. The molecule has 16 heavy (non-hydrogen) atoms. The highest BCUT2D eigenvalue weighted by molar-refractivity contribution is 9.10. The number of anilines is 1. The fourth-order valence-corrected chi connectivity index (χ4v) is 1.34. The topological polar surface area (TPSA) is 68.0 Å². The molecule has 0 aliphatic rings. The van der Waals surface area contributed by atoms with Crippen LogP contribution in [0.15, 0.2) is 33.4 Å². The van der Waals surface area contributed by atoms with Crippen LogP contribution in [0.1, 0.15) is 16.2 Å². The van der Waals surface area contributed by atoms with Crippen LogP contribution in [0.3, 0.4) is 0 Å². The maximum Gasteiger partial charge on any atom is 0.276 e. The summed E-state index contributed by atoms with van der Waals surface area (Å²) < 4.78 is 5.68. The van der Waals surface area contributed by atoms with E-state index in [9.17, 15) is 4.79 Å². The van der Waals surface area contributed by atoms with Crippen molar-refractivity contribution in [2.45, 2.75) is 6.92 Å². The van der Waals surface area contributed by atoms with E-state index in [-0.39, 0.29) is 5.91 Å². The largest absolute Gasteiger partial charge is 0.338 e. The van der Waals surface area contributed by atoms with E-state index < -0.39 is 0 Å². The van der Waals surface area contributed by atoms with Gasteiger partial charge in [-0.3, -0.25) is 10.1 Å². The van der Waals surface area contributed by atoms with Crippen molar-refractivity contribution in [3.8, 4) is 0 Å². The zero-order valence-electron chi connectivity index (χ0n) is 8.40. The average molecular weight is 282 g/mol. The van der Waals surface area contributed by atoms with Gasteiger partial charge in [0.1, 0.15) is 5.69 Å². The molecule has 0 saturated carbocycles. The molecule has 0 saturated heterocycles. The van der Waals surface area contributed by atoms with Gasteiger partial charge in [-0.2, -0.15) is 0 Å². The van der Waals surface area contributed by atoms with Gasteiger partial charge in [0.15, 0.2) is 0 Å². The first-order valence-electron chi connectivity index (χ1n) is 4.51. The number of aromatic nitrogens is 2. The number of pyridine rings is 1. The quantitative estimate of drug-likeness (QED) is 0.918. The second-order valence-electron chi connectivity index (χ2n) is 3.15. The Morgan fingerprint density at radius 2 is 2.31 bits per heavy atom. The van der Waals surface area contributed by atoms with Crippen LogP contribution in [0.2, 0.25) is 0 Å².